The van der Waals surface area contributed by atoms with Crippen molar-refractivity contribution in [1.82, 2.24) is 0 Å². The van der Waals surface area contributed by atoms with Crippen LogP contribution in [0.3, 0.4) is 0 Å². The van der Waals surface area contributed by atoms with E-state index in [1.165, 1.54) is 6.08 Å². The fraction of sp³-hybridized carbons (Fsp3) is 0. The highest BCUT2D eigenvalue weighted by atomic mass is 16.1. The Morgan fingerprint density at radius 2 is 1.77 bits per heavy atom. The summed E-state index contributed by atoms with van der Waals surface area (Å²) < 4.78 is 0. The minimum atomic E-state index is 0.743. The van der Waals surface area contributed by atoms with Gasteiger partial charge in [-0.1, -0.05) is 24.3 Å². The molecule has 1 rings (SSSR count). The molecule has 0 unspecified atom stereocenters. The minimum Gasteiger partial charge on any atom is -0.362 e. The predicted octanol–water partition coefficient (Wildman–Crippen LogP) is 2.37. The number of hydrogen-bond acceptors (Lipinski definition) is 2. The van der Waals surface area contributed by atoms with E-state index in [0.717, 1.165) is 12.0 Å². The molecule has 0 aromatic heterocycles. The zero-order valence-corrected chi connectivity index (χ0v) is 7.18. The molecule has 0 aliphatic heterocycles. The van der Waals surface area contributed by atoms with Crippen molar-refractivity contribution in [3.63, 3.8) is 0 Å². The monoisotopic (exact) mass is 173 g/mol. The van der Waals surface area contributed by atoms with Crippen LogP contribution in [-0.4, -0.2) is 6.29 Å². The van der Waals surface area contributed by atoms with Crippen LogP contribution in [0.4, 0.5) is 5.69 Å². The van der Waals surface area contributed by atoms with Crippen LogP contribution >= 0.6 is 0 Å². The van der Waals surface area contributed by atoms with Crippen molar-refractivity contribution in [2.45, 2.75) is 0 Å². The summed E-state index contributed by atoms with van der Waals surface area (Å²) in [6.07, 6.45) is 7.38. The summed E-state index contributed by atoms with van der Waals surface area (Å²) >= 11 is 0. The second kappa shape index (κ2) is 5.77. The number of allylic oxidation sites excluding steroid dienone is 3. The second-order valence-corrected chi connectivity index (χ2v) is 2.39. The Bertz CT molecular complexity index is 301. The lowest BCUT2D eigenvalue weighted by Crippen LogP contribution is -1.84. The van der Waals surface area contributed by atoms with Crippen LogP contribution in [0.2, 0.25) is 0 Å². The zero-order chi connectivity index (χ0) is 9.36. The van der Waals surface area contributed by atoms with E-state index in [1.807, 2.05) is 30.3 Å². The molecule has 0 spiro atoms. The Morgan fingerprint density at radius 1 is 1.00 bits per heavy atom. The Kier molecular flexibility index (Phi) is 4.11. The van der Waals surface area contributed by atoms with Gasteiger partial charge in [-0.05, 0) is 24.3 Å². The van der Waals surface area contributed by atoms with Gasteiger partial charge in [0, 0.05) is 11.9 Å². The number of anilines is 1. The molecule has 66 valence electrons. The number of benzene rings is 1. The van der Waals surface area contributed by atoms with Gasteiger partial charge in [0.05, 0.1) is 0 Å². The summed E-state index contributed by atoms with van der Waals surface area (Å²) in [5.74, 6) is 0. The Hall–Kier alpha value is -1.83. The molecule has 1 N–H and O–H groups in total. The maximum absolute atomic E-state index is 9.90. The van der Waals surface area contributed by atoms with Gasteiger partial charge in [-0.25, -0.2) is 0 Å². The van der Waals surface area contributed by atoms with E-state index in [0.29, 0.717) is 0 Å². The molecule has 0 radical (unpaired) electrons. The molecular formula is C11H11NO. The van der Waals surface area contributed by atoms with Crippen LogP contribution in [0.1, 0.15) is 0 Å². The Labute approximate surface area is 77.6 Å². The fourth-order valence-corrected chi connectivity index (χ4v) is 0.844. The summed E-state index contributed by atoms with van der Waals surface area (Å²) in [6, 6.07) is 9.80. The van der Waals surface area contributed by atoms with E-state index >= 15 is 0 Å². The third-order valence-corrected chi connectivity index (χ3v) is 1.42. The zero-order valence-electron chi connectivity index (χ0n) is 7.18. The van der Waals surface area contributed by atoms with E-state index in [9.17, 15) is 4.79 Å². The smallest absolute Gasteiger partial charge is 0.142 e. The molecule has 0 fully saturated rings. The second-order valence-electron chi connectivity index (χ2n) is 2.39. The van der Waals surface area contributed by atoms with E-state index in [4.69, 9.17) is 0 Å². The number of carbonyl (C=O) groups is 1. The molecule has 0 saturated heterocycles. The van der Waals surface area contributed by atoms with Crippen molar-refractivity contribution in [3.05, 3.63) is 54.8 Å². The maximum atomic E-state index is 9.90. The lowest BCUT2D eigenvalue weighted by molar-refractivity contribution is -0.104. The molecular weight excluding hydrogens is 162 g/mol. The SMILES string of the molecule is O=CC=CC=CNc1ccccc1. The third kappa shape index (κ3) is 3.91. The maximum Gasteiger partial charge on any atom is 0.142 e. The van der Waals surface area contributed by atoms with Crippen LogP contribution in [0.15, 0.2) is 54.8 Å². The number of carbonyl (C=O) groups excluding carboxylic acids is 1. The highest BCUT2D eigenvalue weighted by Gasteiger charge is 1.81. The fourth-order valence-electron chi connectivity index (χ4n) is 0.844. The number of rotatable bonds is 4. The van der Waals surface area contributed by atoms with E-state index in [1.54, 1.807) is 18.4 Å². The van der Waals surface area contributed by atoms with Gasteiger partial charge in [0.2, 0.25) is 0 Å². The van der Waals surface area contributed by atoms with Gasteiger partial charge < -0.3 is 5.32 Å². The Balaban J connectivity index is 2.39. The molecule has 1 aromatic rings. The molecule has 1 aromatic carbocycles. The highest BCUT2D eigenvalue weighted by Crippen LogP contribution is 2.03. The molecule has 0 aliphatic carbocycles. The summed E-state index contributed by atoms with van der Waals surface area (Å²) in [5.41, 5.74) is 1.03. The van der Waals surface area contributed by atoms with Gasteiger partial charge in [-0.2, -0.15) is 0 Å². The van der Waals surface area contributed by atoms with Gasteiger partial charge in [0.1, 0.15) is 6.29 Å². The lowest BCUT2D eigenvalue weighted by atomic mass is 10.3. The van der Waals surface area contributed by atoms with Crippen molar-refractivity contribution in [2.75, 3.05) is 5.32 Å². The van der Waals surface area contributed by atoms with Crippen molar-refractivity contribution >= 4 is 12.0 Å². The highest BCUT2D eigenvalue weighted by molar-refractivity contribution is 5.65. The first-order valence-electron chi connectivity index (χ1n) is 4.02. The van der Waals surface area contributed by atoms with E-state index in [-0.39, 0.29) is 0 Å². The first kappa shape index (κ1) is 9.26. The minimum absolute atomic E-state index is 0.743. The molecule has 13 heavy (non-hydrogen) atoms. The number of para-hydroxylation sites is 1. The largest absolute Gasteiger partial charge is 0.362 e. The lowest BCUT2D eigenvalue weighted by Gasteiger charge is -1.96. The number of nitrogens with one attached hydrogen (secondary N) is 1. The van der Waals surface area contributed by atoms with Gasteiger partial charge in [0.15, 0.2) is 0 Å². The molecule has 2 nitrogen and oxygen atoms in total. The van der Waals surface area contributed by atoms with E-state index < -0.39 is 0 Å². The topological polar surface area (TPSA) is 29.1 Å². The summed E-state index contributed by atoms with van der Waals surface area (Å²) in [5, 5.41) is 3.06. The van der Waals surface area contributed by atoms with Gasteiger partial charge in [-0.3, -0.25) is 4.79 Å². The normalized spacial score (nSPS) is 10.8. The van der Waals surface area contributed by atoms with Crippen LogP contribution in [0.5, 0.6) is 0 Å². The summed E-state index contributed by atoms with van der Waals surface area (Å²) in [7, 11) is 0. The van der Waals surface area contributed by atoms with Crippen molar-refractivity contribution in [1.29, 1.82) is 0 Å². The van der Waals surface area contributed by atoms with Crippen LogP contribution < -0.4 is 5.32 Å². The van der Waals surface area contributed by atoms with Gasteiger partial charge in [0.25, 0.3) is 0 Å². The quantitative estimate of drug-likeness (QED) is 0.430. The number of hydrogen-bond donors (Lipinski definition) is 1. The van der Waals surface area contributed by atoms with E-state index in [2.05, 4.69) is 5.32 Å². The first-order valence-corrected chi connectivity index (χ1v) is 4.02. The molecule has 0 atom stereocenters. The third-order valence-electron chi connectivity index (χ3n) is 1.42. The van der Waals surface area contributed by atoms with Crippen LogP contribution in [0, 0.1) is 0 Å². The van der Waals surface area contributed by atoms with Crippen molar-refractivity contribution < 1.29 is 4.79 Å². The predicted molar refractivity (Wildman–Crippen MR) is 54.4 cm³/mol. The van der Waals surface area contributed by atoms with Gasteiger partial charge in [-0.15, -0.1) is 0 Å². The van der Waals surface area contributed by atoms with Crippen LogP contribution in [0.25, 0.3) is 0 Å². The number of aldehydes is 1. The average molecular weight is 173 g/mol. The Morgan fingerprint density at radius 3 is 2.46 bits per heavy atom. The molecule has 0 heterocycles. The molecule has 0 bridgehead atoms. The molecule has 0 amide bonds. The first-order chi connectivity index (χ1) is 6.43. The molecule has 0 aliphatic rings. The van der Waals surface area contributed by atoms with Crippen molar-refractivity contribution in [3.8, 4) is 0 Å². The summed E-state index contributed by atoms with van der Waals surface area (Å²) in [4.78, 5) is 9.90. The summed E-state index contributed by atoms with van der Waals surface area (Å²) in [6.45, 7) is 0. The molecule has 0 saturated carbocycles. The van der Waals surface area contributed by atoms with Crippen LogP contribution in [-0.2, 0) is 4.79 Å². The van der Waals surface area contributed by atoms with Gasteiger partial charge >= 0.3 is 0 Å². The molecule has 2 heteroatoms. The standard InChI is InChI=1S/C11H11NO/c13-10-6-2-5-9-12-11-7-3-1-4-8-11/h1-10,12H. The average Bonchev–Trinajstić information content (AvgIpc) is 2.19. The van der Waals surface area contributed by atoms with Crippen molar-refractivity contribution in [2.24, 2.45) is 0 Å².